The summed E-state index contributed by atoms with van der Waals surface area (Å²) in [6.45, 7) is 3.39. The number of nitrogens with one attached hydrogen (secondary N) is 2. The van der Waals surface area contributed by atoms with E-state index in [4.69, 9.17) is 0 Å². The molecule has 0 bridgehead atoms. The van der Waals surface area contributed by atoms with E-state index in [0.29, 0.717) is 11.5 Å². The molecule has 2 N–H and O–H groups in total. The summed E-state index contributed by atoms with van der Waals surface area (Å²) in [4.78, 5) is 27.0. The molecule has 0 spiro atoms. The molecule has 2 aromatic rings. The fourth-order valence-corrected chi connectivity index (χ4v) is 1.82. The third kappa shape index (κ3) is 4.72. The zero-order chi connectivity index (χ0) is 15.2. The van der Waals surface area contributed by atoms with Crippen LogP contribution in [0.4, 0.5) is 11.5 Å². The van der Waals surface area contributed by atoms with E-state index in [1.807, 2.05) is 25.1 Å². The van der Waals surface area contributed by atoms with Crippen molar-refractivity contribution in [3.05, 3.63) is 53.7 Å². The Morgan fingerprint density at radius 2 is 1.76 bits per heavy atom. The monoisotopic (exact) mass is 283 g/mol. The van der Waals surface area contributed by atoms with Crippen LogP contribution < -0.4 is 10.6 Å². The maximum Gasteiger partial charge on any atom is 0.229 e. The number of amides is 2. The molecule has 0 aliphatic carbocycles. The van der Waals surface area contributed by atoms with E-state index in [-0.39, 0.29) is 18.2 Å². The molecule has 0 saturated carbocycles. The van der Waals surface area contributed by atoms with E-state index in [1.165, 1.54) is 6.92 Å². The van der Waals surface area contributed by atoms with Crippen molar-refractivity contribution < 1.29 is 9.59 Å². The van der Waals surface area contributed by atoms with Gasteiger partial charge in [0.25, 0.3) is 0 Å². The minimum absolute atomic E-state index is 0.120. The summed E-state index contributed by atoms with van der Waals surface area (Å²) in [5.74, 6) is 0.296. The number of aromatic nitrogens is 1. The third-order valence-corrected chi connectivity index (χ3v) is 2.82. The van der Waals surface area contributed by atoms with Gasteiger partial charge in [-0.25, -0.2) is 4.98 Å². The lowest BCUT2D eigenvalue weighted by atomic mass is 10.1. The maximum atomic E-state index is 11.9. The van der Waals surface area contributed by atoms with E-state index >= 15 is 0 Å². The molecule has 5 nitrogen and oxygen atoms in total. The Bertz CT molecular complexity index is 634. The van der Waals surface area contributed by atoms with Gasteiger partial charge in [-0.1, -0.05) is 18.2 Å². The van der Waals surface area contributed by atoms with Crippen molar-refractivity contribution in [2.75, 3.05) is 10.6 Å². The molecule has 1 aromatic heterocycles. The SMILES string of the molecule is CC(=O)Nc1ccc(CC(=O)Nc2ccc(C)cn2)cc1. The van der Waals surface area contributed by atoms with Gasteiger partial charge in [0.1, 0.15) is 5.82 Å². The molecular formula is C16H17N3O2. The standard InChI is InChI=1S/C16H17N3O2/c1-11-3-8-15(17-10-11)19-16(21)9-13-4-6-14(7-5-13)18-12(2)20/h3-8,10H,9H2,1-2H3,(H,18,20)(H,17,19,21). The molecule has 2 rings (SSSR count). The first-order valence-corrected chi connectivity index (χ1v) is 6.62. The topological polar surface area (TPSA) is 71.1 Å². The van der Waals surface area contributed by atoms with Gasteiger partial charge < -0.3 is 10.6 Å². The summed E-state index contributed by atoms with van der Waals surface area (Å²) >= 11 is 0. The van der Waals surface area contributed by atoms with Crippen LogP contribution in [-0.4, -0.2) is 16.8 Å². The minimum Gasteiger partial charge on any atom is -0.326 e. The van der Waals surface area contributed by atoms with Crippen LogP contribution in [0.5, 0.6) is 0 Å². The number of aryl methyl sites for hydroxylation is 1. The quantitative estimate of drug-likeness (QED) is 0.905. The number of hydrogen-bond acceptors (Lipinski definition) is 3. The van der Waals surface area contributed by atoms with Gasteiger partial charge in [0.2, 0.25) is 11.8 Å². The predicted octanol–water partition coefficient (Wildman–Crippen LogP) is 2.53. The summed E-state index contributed by atoms with van der Waals surface area (Å²) in [6.07, 6.45) is 1.97. The minimum atomic E-state index is -0.126. The summed E-state index contributed by atoms with van der Waals surface area (Å²) < 4.78 is 0. The second-order valence-corrected chi connectivity index (χ2v) is 4.82. The van der Waals surface area contributed by atoms with Crippen LogP contribution in [-0.2, 0) is 16.0 Å². The van der Waals surface area contributed by atoms with Crippen molar-refractivity contribution in [1.29, 1.82) is 0 Å². The highest BCUT2D eigenvalue weighted by Crippen LogP contribution is 2.11. The number of carbonyl (C=O) groups is 2. The Kier molecular flexibility index (Phi) is 4.66. The Balaban J connectivity index is 1.93. The van der Waals surface area contributed by atoms with Crippen molar-refractivity contribution in [2.24, 2.45) is 0 Å². The molecule has 0 aliphatic heterocycles. The fraction of sp³-hybridized carbons (Fsp3) is 0.188. The van der Waals surface area contributed by atoms with Gasteiger partial charge in [-0.15, -0.1) is 0 Å². The zero-order valence-electron chi connectivity index (χ0n) is 12.0. The molecule has 21 heavy (non-hydrogen) atoms. The van der Waals surface area contributed by atoms with Crippen molar-refractivity contribution in [2.45, 2.75) is 20.3 Å². The van der Waals surface area contributed by atoms with E-state index in [9.17, 15) is 9.59 Å². The molecule has 0 unspecified atom stereocenters. The molecule has 0 aliphatic rings. The number of pyridine rings is 1. The zero-order valence-corrected chi connectivity index (χ0v) is 12.0. The van der Waals surface area contributed by atoms with Gasteiger partial charge in [-0.2, -0.15) is 0 Å². The number of rotatable bonds is 4. The molecule has 108 valence electrons. The average molecular weight is 283 g/mol. The van der Waals surface area contributed by atoms with Crippen LogP contribution in [0, 0.1) is 6.92 Å². The Labute approximate surface area is 123 Å². The van der Waals surface area contributed by atoms with Gasteiger partial charge >= 0.3 is 0 Å². The van der Waals surface area contributed by atoms with Gasteiger partial charge in [-0.05, 0) is 36.2 Å². The second kappa shape index (κ2) is 6.65. The Hall–Kier alpha value is -2.69. The van der Waals surface area contributed by atoms with Crippen molar-refractivity contribution in [1.82, 2.24) is 4.98 Å². The molecule has 1 heterocycles. The van der Waals surface area contributed by atoms with Crippen molar-refractivity contribution >= 4 is 23.3 Å². The van der Waals surface area contributed by atoms with Gasteiger partial charge in [-0.3, -0.25) is 9.59 Å². The lowest BCUT2D eigenvalue weighted by Gasteiger charge is -2.06. The first-order valence-electron chi connectivity index (χ1n) is 6.62. The number of nitrogens with zero attached hydrogens (tertiary/aromatic N) is 1. The lowest BCUT2D eigenvalue weighted by Crippen LogP contribution is -2.15. The van der Waals surface area contributed by atoms with Crippen LogP contribution >= 0.6 is 0 Å². The first kappa shape index (κ1) is 14.7. The van der Waals surface area contributed by atoms with Crippen LogP contribution in [0.3, 0.4) is 0 Å². The lowest BCUT2D eigenvalue weighted by molar-refractivity contribution is -0.116. The van der Waals surface area contributed by atoms with Gasteiger partial charge in [0.15, 0.2) is 0 Å². The number of hydrogen-bond donors (Lipinski definition) is 2. The molecule has 0 saturated heterocycles. The molecule has 0 fully saturated rings. The maximum absolute atomic E-state index is 11.9. The van der Waals surface area contributed by atoms with Gasteiger partial charge in [0, 0.05) is 18.8 Å². The molecule has 1 aromatic carbocycles. The van der Waals surface area contributed by atoms with E-state index in [2.05, 4.69) is 15.6 Å². The number of anilines is 2. The Morgan fingerprint density at radius 1 is 1.05 bits per heavy atom. The molecule has 0 radical (unpaired) electrons. The van der Waals surface area contributed by atoms with Crippen molar-refractivity contribution in [3.8, 4) is 0 Å². The predicted molar refractivity (Wildman–Crippen MR) is 82.1 cm³/mol. The third-order valence-electron chi connectivity index (χ3n) is 2.82. The number of carbonyl (C=O) groups excluding carboxylic acids is 2. The smallest absolute Gasteiger partial charge is 0.229 e. The highest BCUT2D eigenvalue weighted by molar-refractivity contribution is 5.91. The molecular weight excluding hydrogens is 266 g/mol. The van der Waals surface area contributed by atoms with Crippen LogP contribution in [0.25, 0.3) is 0 Å². The van der Waals surface area contributed by atoms with E-state index in [0.717, 1.165) is 11.1 Å². The summed E-state index contributed by atoms with van der Waals surface area (Å²) in [5.41, 5.74) is 2.63. The van der Waals surface area contributed by atoms with Gasteiger partial charge in [0.05, 0.1) is 6.42 Å². The number of benzene rings is 1. The van der Waals surface area contributed by atoms with Crippen LogP contribution in [0.1, 0.15) is 18.1 Å². The fourth-order valence-electron chi connectivity index (χ4n) is 1.82. The molecule has 2 amide bonds. The first-order chi connectivity index (χ1) is 10.0. The van der Waals surface area contributed by atoms with Crippen molar-refractivity contribution in [3.63, 3.8) is 0 Å². The molecule has 0 atom stereocenters. The van der Waals surface area contributed by atoms with Crippen LogP contribution in [0.2, 0.25) is 0 Å². The Morgan fingerprint density at radius 3 is 2.33 bits per heavy atom. The largest absolute Gasteiger partial charge is 0.326 e. The summed E-state index contributed by atoms with van der Waals surface area (Å²) in [7, 11) is 0. The summed E-state index contributed by atoms with van der Waals surface area (Å²) in [6, 6.07) is 10.8. The highest BCUT2D eigenvalue weighted by atomic mass is 16.2. The average Bonchev–Trinajstić information content (AvgIpc) is 2.43. The summed E-state index contributed by atoms with van der Waals surface area (Å²) in [5, 5.41) is 5.43. The highest BCUT2D eigenvalue weighted by Gasteiger charge is 2.05. The second-order valence-electron chi connectivity index (χ2n) is 4.82. The normalized spacial score (nSPS) is 10.0. The molecule has 5 heteroatoms. The van der Waals surface area contributed by atoms with Crippen LogP contribution in [0.15, 0.2) is 42.6 Å². The van der Waals surface area contributed by atoms with E-state index in [1.54, 1.807) is 24.4 Å². The van der Waals surface area contributed by atoms with E-state index < -0.39 is 0 Å².